The second-order valence-electron chi connectivity index (χ2n) is 4.03. The molecule has 0 saturated carbocycles. The third-order valence-corrected chi connectivity index (χ3v) is 2.94. The van der Waals surface area contributed by atoms with Gasteiger partial charge in [-0.3, -0.25) is 9.59 Å². The first-order valence-corrected chi connectivity index (χ1v) is 6.89. The lowest BCUT2D eigenvalue weighted by Crippen LogP contribution is -2.35. The molecule has 0 saturated heterocycles. The topological polar surface area (TPSA) is 81.4 Å². The van der Waals surface area contributed by atoms with E-state index < -0.39 is 0 Å². The summed E-state index contributed by atoms with van der Waals surface area (Å²) >= 11 is 4.07. The molecular weight excluding hydrogens is 252 g/mol. The maximum Gasteiger partial charge on any atom is 0.151 e. The van der Waals surface area contributed by atoms with E-state index in [0.29, 0.717) is 44.8 Å². The summed E-state index contributed by atoms with van der Waals surface area (Å²) in [5.41, 5.74) is 5.26. The predicted molar refractivity (Wildman–Crippen MR) is 75.1 cm³/mol. The number of ether oxygens (including phenoxy) is 1. The van der Waals surface area contributed by atoms with E-state index in [1.807, 2.05) is 0 Å². The zero-order valence-electron chi connectivity index (χ0n) is 11.0. The van der Waals surface area contributed by atoms with Crippen LogP contribution in [-0.4, -0.2) is 50.2 Å². The first-order chi connectivity index (χ1) is 8.65. The van der Waals surface area contributed by atoms with Crippen LogP contribution in [0.2, 0.25) is 0 Å². The number of rotatable bonds is 12. The number of carbonyl (C=O) groups is 2. The van der Waals surface area contributed by atoms with Gasteiger partial charge in [-0.15, -0.1) is 0 Å². The summed E-state index contributed by atoms with van der Waals surface area (Å²) in [5, 5.41) is 2.87. The van der Waals surface area contributed by atoms with Crippen molar-refractivity contribution in [1.82, 2.24) is 5.32 Å². The van der Waals surface area contributed by atoms with Crippen molar-refractivity contribution in [3.8, 4) is 0 Å². The molecule has 0 aliphatic rings. The van der Waals surface area contributed by atoms with E-state index in [1.54, 1.807) is 7.05 Å². The first kappa shape index (κ1) is 17.6. The Morgan fingerprint density at radius 2 is 2.00 bits per heavy atom. The highest BCUT2D eigenvalue weighted by Gasteiger charge is 2.15. The molecule has 0 aliphatic heterocycles. The Hall–Kier alpha value is -0.430. The normalized spacial score (nSPS) is 12.4. The van der Waals surface area contributed by atoms with E-state index in [2.05, 4.69) is 17.9 Å². The van der Waals surface area contributed by atoms with Crippen LogP contribution in [0.25, 0.3) is 0 Å². The number of Topliss-reactive ketones (excluding diaryl/α,β-unsaturated/α-hetero) is 2. The van der Waals surface area contributed by atoms with Crippen molar-refractivity contribution in [2.75, 3.05) is 32.6 Å². The van der Waals surface area contributed by atoms with Crippen LogP contribution in [0.1, 0.15) is 25.7 Å². The van der Waals surface area contributed by atoms with Gasteiger partial charge in [-0.25, -0.2) is 0 Å². The van der Waals surface area contributed by atoms with Gasteiger partial charge in [0.2, 0.25) is 0 Å². The predicted octanol–water partition coefficient (Wildman–Crippen LogP) is 0.178. The van der Waals surface area contributed by atoms with Crippen LogP contribution >= 0.6 is 12.6 Å². The summed E-state index contributed by atoms with van der Waals surface area (Å²) in [7, 11) is 1.72. The first-order valence-electron chi connectivity index (χ1n) is 6.26. The monoisotopic (exact) mass is 276 g/mol. The molecule has 1 atom stereocenters. The van der Waals surface area contributed by atoms with Crippen molar-refractivity contribution in [1.29, 1.82) is 0 Å². The van der Waals surface area contributed by atoms with Gasteiger partial charge in [0.1, 0.15) is 5.78 Å². The molecule has 0 unspecified atom stereocenters. The second-order valence-corrected chi connectivity index (χ2v) is 4.40. The van der Waals surface area contributed by atoms with Crippen LogP contribution < -0.4 is 11.1 Å². The van der Waals surface area contributed by atoms with E-state index in [1.165, 1.54) is 0 Å². The fourth-order valence-electron chi connectivity index (χ4n) is 1.47. The average Bonchev–Trinajstić information content (AvgIpc) is 2.37. The van der Waals surface area contributed by atoms with Crippen LogP contribution in [0, 0.1) is 0 Å². The number of nitrogens with one attached hydrogen (secondary N) is 1. The molecule has 0 aliphatic carbocycles. The lowest BCUT2D eigenvalue weighted by Gasteiger charge is -2.11. The van der Waals surface area contributed by atoms with E-state index in [9.17, 15) is 9.59 Å². The largest absolute Gasteiger partial charge is 0.380 e. The van der Waals surface area contributed by atoms with E-state index in [0.717, 1.165) is 0 Å². The number of thiol groups is 1. The third-order valence-electron chi connectivity index (χ3n) is 2.58. The van der Waals surface area contributed by atoms with Gasteiger partial charge in [-0.2, -0.15) is 12.6 Å². The maximum atomic E-state index is 11.6. The van der Waals surface area contributed by atoms with Crippen LogP contribution in [0.4, 0.5) is 0 Å². The molecular formula is C12H24N2O3S. The second kappa shape index (κ2) is 11.6. The van der Waals surface area contributed by atoms with Gasteiger partial charge in [-0.05, 0) is 13.5 Å². The lowest BCUT2D eigenvalue weighted by atomic mass is 10.1. The summed E-state index contributed by atoms with van der Waals surface area (Å²) < 4.78 is 5.17. The Kier molecular flexibility index (Phi) is 11.4. The SMILES string of the molecule is CN[C@@H](CS)C(=O)CCC(=O)CCCOCCN. The summed E-state index contributed by atoms with van der Waals surface area (Å²) in [6.07, 6.45) is 1.74. The van der Waals surface area contributed by atoms with Gasteiger partial charge in [0.25, 0.3) is 0 Å². The number of carbonyl (C=O) groups excluding carboxylic acids is 2. The molecule has 0 heterocycles. The quantitative estimate of drug-likeness (QED) is 0.350. The molecule has 106 valence electrons. The average molecular weight is 276 g/mol. The Morgan fingerprint density at radius 3 is 2.56 bits per heavy atom. The van der Waals surface area contributed by atoms with Crippen molar-refractivity contribution in [2.45, 2.75) is 31.7 Å². The number of hydrogen-bond donors (Lipinski definition) is 3. The van der Waals surface area contributed by atoms with Crippen LogP contribution in [0.3, 0.4) is 0 Å². The Labute approximate surface area is 114 Å². The molecule has 0 rings (SSSR count). The Bertz CT molecular complexity index is 245. The molecule has 6 heteroatoms. The smallest absolute Gasteiger partial charge is 0.151 e. The molecule has 0 aromatic heterocycles. The van der Waals surface area contributed by atoms with Gasteiger partial charge in [0.05, 0.1) is 12.6 Å². The molecule has 0 spiro atoms. The van der Waals surface area contributed by atoms with Gasteiger partial charge >= 0.3 is 0 Å². The van der Waals surface area contributed by atoms with Gasteiger partial charge in [0.15, 0.2) is 5.78 Å². The van der Waals surface area contributed by atoms with Crippen LogP contribution in [0.5, 0.6) is 0 Å². The number of hydrogen-bond acceptors (Lipinski definition) is 6. The summed E-state index contributed by atoms with van der Waals surface area (Å²) in [4.78, 5) is 23.1. The molecule has 0 amide bonds. The Balaban J connectivity index is 3.60. The minimum Gasteiger partial charge on any atom is -0.380 e. The molecule has 0 aromatic carbocycles. The van der Waals surface area contributed by atoms with Crippen LogP contribution in [0.15, 0.2) is 0 Å². The molecule has 0 aromatic rings. The summed E-state index contributed by atoms with van der Waals surface area (Å²) in [6, 6.07) is -0.256. The van der Waals surface area contributed by atoms with Gasteiger partial charge in [0, 0.05) is 38.2 Å². The lowest BCUT2D eigenvalue weighted by molar-refractivity contribution is -0.125. The highest BCUT2D eigenvalue weighted by molar-refractivity contribution is 7.80. The van der Waals surface area contributed by atoms with Crippen molar-refractivity contribution in [3.05, 3.63) is 0 Å². The van der Waals surface area contributed by atoms with Crippen molar-refractivity contribution in [2.24, 2.45) is 5.73 Å². The Morgan fingerprint density at radius 1 is 1.28 bits per heavy atom. The highest BCUT2D eigenvalue weighted by Crippen LogP contribution is 2.03. The standard InChI is InChI=1S/C12H24N2O3S/c1-14-11(9-18)12(16)5-4-10(15)3-2-7-17-8-6-13/h11,14,18H,2-9,13H2,1H3/t11-/m0/s1. The summed E-state index contributed by atoms with van der Waals surface area (Å²) in [5.74, 6) is 0.602. The number of nitrogens with two attached hydrogens (primary N) is 1. The molecule has 0 fully saturated rings. The van der Waals surface area contributed by atoms with Gasteiger partial charge < -0.3 is 15.8 Å². The number of ketones is 2. The fourth-order valence-corrected chi connectivity index (χ4v) is 1.86. The molecule has 3 N–H and O–H groups in total. The zero-order valence-corrected chi connectivity index (χ0v) is 11.9. The van der Waals surface area contributed by atoms with Crippen molar-refractivity contribution < 1.29 is 14.3 Å². The minimum absolute atomic E-state index is 0.0419. The van der Waals surface area contributed by atoms with Crippen molar-refractivity contribution >= 4 is 24.2 Å². The highest BCUT2D eigenvalue weighted by atomic mass is 32.1. The minimum atomic E-state index is -0.256. The zero-order chi connectivity index (χ0) is 13.8. The van der Waals surface area contributed by atoms with E-state index in [-0.39, 0.29) is 24.0 Å². The molecule has 5 nitrogen and oxygen atoms in total. The van der Waals surface area contributed by atoms with E-state index in [4.69, 9.17) is 10.5 Å². The van der Waals surface area contributed by atoms with Gasteiger partial charge in [-0.1, -0.05) is 0 Å². The summed E-state index contributed by atoms with van der Waals surface area (Å²) in [6.45, 7) is 1.57. The van der Waals surface area contributed by atoms with Crippen molar-refractivity contribution in [3.63, 3.8) is 0 Å². The van der Waals surface area contributed by atoms with E-state index >= 15 is 0 Å². The fraction of sp³-hybridized carbons (Fsp3) is 0.833. The maximum absolute atomic E-state index is 11.6. The third kappa shape index (κ3) is 8.63. The number of likely N-dealkylation sites (N-methyl/N-ethyl adjacent to an activating group) is 1. The molecule has 0 radical (unpaired) electrons. The molecule has 18 heavy (non-hydrogen) atoms. The van der Waals surface area contributed by atoms with Crippen LogP contribution in [-0.2, 0) is 14.3 Å². The molecule has 0 bridgehead atoms.